The van der Waals surface area contributed by atoms with Gasteiger partial charge in [-0.1, -0.05) is 25.0 Å². The predicted octanol–water partition coefficient (Wildman–Crippen LogP) is 3.75. The number of cyclic esters (lactones) is 1. The number of allylic oxidation sites excluding steroid dienone is 2. The van der Waals surface area contributed by atoms with Crippen LogP contribution < -0.4 is 0 Å². The monoisotopic (exact) mass is 280 g/mol. The van der Waals surface area contributed by atoms with Gasteiger partial charge in [-0.25, -0.2) is 0 Å². The normalized spacial score (nSPS) is 29.2. The lowest BCUT2D eigenvalue weighted by molar-refractivity contribution is -0.152. The zero-order valence-electron chi connectivity index (χ0n) is 13.3. The van der Waals surface area contributed by atoms with Gasteiger partial charge in [0.2, 0.25) is 0 Å². The molecule has 3 heteroatoms. The van der Waals surface area contributed by atoms with Crippen LogP contribution >= 0.6 is 0 Å². The van der Waals surface area contributed by atoms with Crippen LogP contribution in [0, 0.1) is 5.41 Å². The van der Waals surface area contributed by atoms with E-state index >= 15 is 0 Å². The molecule has 114 valence electrons. The van der Waals surface area contributed by atoms with Crippen molar-refractivity contribution in [2.75, 3.05) is 0 Å². The number of esters is 1. The van der Waals surface area contributed by atoms with Gasteiger partial charge in [0.05, 0.1) is 5.60 Å². The van der Waals surface area contributed by atoms with Crippen molar-refractivity contribution < 1.29 is 14.6 Å². The minimum absolute atomic E-state index is 0.177. The van der Waals surface area contributed by atoms with Gasteiger partial charge in [-0.15, -0.1) is 0 Å². The highest BCUT2D eigenvalue weighted by Crippen LogP contribution is 2.43. The average Bonchev–Trinajstić information content (AvgIpc) is 2.75. The SMILES string of the molecule is CC1=C(CCC(C)(O)C2CCC(=O)O2)C(C)(C)CCC1. The van der Waals surface area contributed by atoms with Gasteiger partial charge in [-0.05, 0) is 57.8 Å². The van der Waals surface area contributed by atoms with Crippen molar-refractivity contribution in [3.05, 3.63) is 11.1 Å². The van der Waals surface area contributed by atoms with Crippen LogP contribution in [0.5, 0.6) is 0 Å². The van der Waals surface area contributed by atoms with Gasteiger partial charge in [-0.2, -0.15) is 0 Å². The second-order valence-electron chi connectivity index (χ2n) is 7.37. The molecule has 0 bridgehead atoms. The first-order chi connectivity index (χ1) is 9.22. The molecule has 2 atom stereocenters. The lowest BCUT2D eigenvalue weighted by Crippen LogP contribution is -2.39. The molecular formula is C17H28O3. The molecule has 1 saturated heterocycles. The third-order valence-electron chi connectivity index (χ3n) is 5.14. The summed E-state index contributed by atoms with van der Waals surface area (Å²) in [5.41, 5.74) is 2.31. The predicted molar refractivity (Wildman–Crippen MR) is 79.3 cm³/mol. The van der Waals surface area contributed by atoms with Crippen molar-refractivity contribution >= 4 is 5.97 Å². The van der Waals surface area contributed by atoms with Crippen LogP contribution in [0.15, 0.2) is 11.1 Å². The number of rotatable bonds is 4. The summed E-state index contributed by atoms with van der Waals surface area (Å²) < 4.78 is 5.24. The summed E-state index contributed by atoms with van der Waals surface area (Å²) in [6.45, 7) is 8.63. The van der Waals surface area contributed by atoms with Crippen molar-refractivity contribution in [3.63, 3.8) is 0 Å². The van der Waals surface area contributed by atoms with E-state index < -0.39 is 5.60 Å². The first kappa shape index (κ1) is 15.6. The molecule has 0 amide bonds. The molecule has 0 radical (unpaired) electrons. The number of hydrogen-bond donors (Lipinski definition) is 1. The Morgan fingerprint density at radius 3 is 2.65 bits per heavy atom. The molecule has 0 aromatic heterocycles. The average molecular weight is 280 g/mol. The zero-order chi connectivity index (χ0) is 15.0. The van der Waals surface area contributed by atoms with E-state index in [9.17, 15) is 9.90 Å². The van der Waals surface area contributed by atoms with Crippen LogP contribution in [0.25, 0.3) is 0 Å². The van der Waals surface area contributed by atoms with Gasteiger partial charge in [0, 0.05) is 6.42 Å². The van der Waals surface area contributed by atoms with E-state index in [1.165, 1.54) is 30.4 Å². The molecule has 2 rings (SSSR count). The Morgan fingerprint density at radius 1 is 1.40 bits per heavy atom. The molecule has 1 aliphatic carbocycles. The molecule has 1 aliphatic heterocycles. The van der Waals surface area contributed by atoms with Crippen molar-refractivity contribution in [2.45, 2.75) is 84.3 Å². The Bertz CT molecular complexity index is 418. The fourth-order valence-corrected chi connectivity index (χ4v) is 3.73. The van der Waals surface area contributed by atoms with E-state index in [0.29, 0.717) is 19.3 Å². The summed E-state index contributed by atoms with van der Waals surface area (Å²) >= 11 is 0. The molecule has 0 aromatic rings. The number of ether oxygens (including phenoxy) is 1. The molecule has 3 nitrogen and oxygen atoms in total. The lowest BCUT2D eigenvalue weighted by atomic mass is 9.70. The number of hydrogen-bond acceptors (Lipinski definition) is 3. The molecule has 20 heavy (non-hydrogen) atoms. The minimum atomic E-state index is -0.910. The van der Waals surface area contributed by atoms with Crippen molar-refractivity contribution in [1.82, 2.24) is 0 Å². The first-order valence-electron chi connectivity index (χ1n) is 7.83. The number of aliphatic hydroxyl groups is 1. The van der Waals surface area contributed by atoms with E-state index in [2.05, 4.69) is 20.8 Å². The first-order valence-corrected chi connectivity index (χ1v) is 7.83. The second kappa shape index (κ2) is 5.51. The molecule has 0 aromatic carbocycles. The maximum Gasteiger partial charge on any atom is 0.306 e. The van der Waals surface area contributed by atoms with Crippen LogP contribution in [0.2, 0.25) is 0 Å². The Labute approximate surface area is 122 Å². The van der Waals surface area contributed by atoms with E-state index in [0.717, 1.165) is 6.42 Å². The van der Waals surface area contributed by atoms with Gasteiger partial charge >= 0.3 is 5.97 Å². The molecule has 1 fully saturated rings. The molecule has 0 saturated carbocycles. The highest BCUT2D eigenvalue weighted by atomic mass is 16.6. The van der Waals surface area contributed by atoms with Crippen LogP contribution in [0.3, 0.4) is 0 Å². The van der Waals surface area contributed by atoms with Crippen molar-refractivity contribution in [2.24, 2.45) is 5.41 Å². The molecule has 2 aliphatic rings. The molecule has 2 unspecified atom stereocenters. The fraction of sp³-hybridized carbons (Fsp3) is 0.824. The fourth-order valence-electron chi connectivity index (χ4n) is 3.73. The summed E-state index contributed by atoms with van der Waals surface area (Å²) in [5.74, 6) is -0.177. The minimum Gasteiger partial charge on any atom is -0.459 e. The van der Waals surface area contributed by atoms with Crippen molar-refractivity contribution in [1.29, 1.82) is 0 Å². The smallest absolute Gasteiger partial charge is 0.306 e. The Hall–Kier alpha value is -0.830. The number of carbonyl (C=O) groups is 1. The van der Waals surface area contributed by atoms with Crippen molar-refractivity contribution in [3.8, 4) is 0 Å². The lowest BCUT2D eigenvalue weighted by Gasteiger charge is -2.37. The molecule has 1 N–H and O–H groups in total. The summed E-state index contributed by atoms with van der Waals surface area (Å²) in [7, 11) is 0. The largest absolute Gasteiger partial charge is 0.459 e. The molecular weight excluding hydrogens is 252 g/mol. The van der Waals surface area contributed by atoms with Crippen LogP contribution in [-0.2, 0) is 9.53 Å². The van der Waals surface area contributed by atoms with Gasteiger partial charge in [0.25, 0.3) is 0 Å². The molecule has 0 spiro atoms. The van der Waals surface area contributed by atoms with Crippen LogP contribution in [0.1, 0.15) is 72.6 Å². The Balaban J connectivity index is 2.02. The Kier molecular flexibility index (Phi) is 4.29. The van der Waals surface area contributed by atoms with E-state index in [4.69, 9.17) is 4.74 Å². The number of carbonyl (C=O) groups excluding carboxylic acids is 1. The molecule has 1 heterocycles. The van der Waals surface area contributed by atoms with Crippen LogP contribution in [0.4, 0.5) is 0 Å². The quantitative estimate of drug-likeness (QED) is 0.630. The third-order valence-corrected chi connectivity index (χ3v) is 5.14. The van der Waals surface area contributed by atoms with E-state index in [-0.39, 0.29) is 17.5 Å². The summed E-state index contributed by atoms with van der Waals surface area (Å²) in [6, 6.07) is 0. The van der Waals surface area contributed by atoms with Crippen LogP contribution in [-0.4, -0.2) is 22.8 Å². The van der Waals surface area contributed by atoms with Gasteiger partial charge in [0.15, 0.2) is 0 Å². The maximum absolute atomic E-state index is 11.2. The topological polar surface area (TPSA) is 46.5 Å². The van der Waals surface area contributed by atoms with E-state index in [1.54, 1.807) is 0 Å². The third kappa shape index (κ3) is 3.25. The highest BCUT2D eigenvalue weighted by Gasteiger charge is 2.40. The maximum atomic E-state index is 11.2. The second-order valence-corrected chi connectivity index (χ2v) is 7.37. The van der Waals surface area contributed by atoms with Gasteiger partial charge in [-0.3, -0.25) is 4.79 Å². The zero-order valence-corrected chi connectivity index (χ0v) is 13.3. The Morgan fingerprint density at radius 2 is 2.10 bits per heavy atom. The summed E-state index contributed by atoms with van der Waals surface area (Å²) in [6.07, 6.45) is 5.99. The summed E-state index contributed by atoms with van der Waals surface area (Å²) in [4.78, 5) is 11.2. The highest BCUT2D eigenvalue weighted by molar-refractivity contribution is 5.71. The van der Waals surface area contributed by atoms with Gasteiger partial charge in [0.1, 0.15) is 6.10 Å². The van der Waals surface area contributed by atoms with Gasteiger partial charge < -0.3 is 9.84 Å². The standard InChI is InChI=1S/C17H28O3/c1-12-6-5-10-16(2,3)13(12)9-11-17(4,19)14-7-8-15(18)20-14/h14,19H,5-11H2,1-4H3. The summed E-state index contributed by atoms with van der Waals surface area (Å²) in [5, 5.41) is 10.6. The van der Waals surface area contributed by atoms with E-state index in [1.807, 2.05) is 6.92 Å².